The molecule has 0 radical (unpaired) electrons. The zero-order valence-electron chi connectivity index (χ0n) is 11.5. The van der Waals surface area contributed by atoms with Crippen LogP contribution in [0.5, 0.6) is 11.9 Å². The molecule has 1 aromatic heterocycles. The first-order valence-electron chi connectivity index (χ1n) is 6.21. The summed E-state index contributed by atoms with van der Waals surface area (Å²) in [4.78, 5) is 19.9. The van der Waals surface area contributed by atoms with Crippen molar-refractivity contribution in [3.8, 4) is 11.9 Å². The van der Waals surface area contributed by atoms with Crippen molar-refractivity contribution in [3.05, 3.63) is 47.2 Å². The maximum absolute atomic E-state index is 11.8. The quantitative estimate of drug-likeness (QED) is 0.804. The van der Waals surface area contributed by atoms with E-state index in [1.165, 1.54) is 14.2 Å². The van der Waals surface area contributed by atoms with Crippen molar-refractivity contribution < 1.29 is 19.0 Å². The van der Waals surface area contributed by atoms with E-state index in [1.807, 2.05) is 12.1 Å². The van der Waals surface area contributed by atoms with Gasteiger partial charge in [-0.05, 0) is 12.1 Å². The second-order valence-corrected chi connectivity index (χ2v) is 4.27. The minimum atomic E-state index is -0.370. The molecule has 3 rings (SSSR count). The van der Waals surface area contributed by atoms with E-state index in [1.54, 1.807) is 24.4 Å². The average molecular weight is 284 g/mol. The Morgan fingerprint density at radius 2 is 1.90 bits per heavy atom. The predicted molar refractivity (Wildman–Crippen MR) is 74.9 cm³/mol. The Labute approximate surface area is 121 Å². The van der Waals surface area contributed by atoms with Gasteiger partial charge in [-0.2, -0.15) is 4.98 Å². The molecule has 1 aliphatic heterocycles. The molecule has 2 heterocycles. The second kappa shape index (κ2) is 5.24. The van der Waals surface area contributed by atoms with Gasteiger partial charge in [0, 0.05) is 11.8 Å². The van der Waals surface area contributed by atoms with Gasteiger partial charge in [0.05, 0.1) is 25.3 Å². The van der Waals surface area contributed by atoms with Crippen LogP contribution in [0.25, 0.3) is 11.8 Å². The highest BCUT2D eigenvalue weighted by molar-refractivity contribution is 6.05. The number of esters is 1. The molecule has 6 nitrogen and oxygen atoms in total. The summed E-state index contributed by atoms with van der Waals surface area (Å²) in [6.45, 7) is 0. The minimum Gasteiger partial charge on any atom is -0.480 e. The number of hydrogen-bond acceptors (Lipinski definition) is 6. The standard InChI is InChI=1S/C15H12N2O4/c1-19-13-9(8-16-15(17-13)20-2)7-12-10-5-3-4-6-11(10)14(18)21-12/h3-8H,1-2H3. The van der Waals surface area contributed by atoms with Gasteiger partial charge in [0.15, 0.2) is 0 Å². The Kier molecular flexibility index (Phi) is 3.27. The van der Waals surface area contributed by atoms with Crippen molar-refractivity contribution >= 4 is 17.8 Å². The van der Waals surface area contributed by atoms with Gasteiger partial charge in [-0.25, -0.2) is 9.78 Å². The molecule has 0 unspecified atom stereocenters. The van der Waals surface area contributed by atoms with Crippen LogP contribution < -0.4 is 9.47 Å². The van der Waals surface area contributed by atoms with E-state index in [4.69, 9.17) is 14.2 Å². The smallest absolute Gasteiger partial charge is 0.344 e. The highest BCUT2D eigenvalue weighted by Crippen LogP contribution is 2.32. The molecule has 2 aromatic rings. The first-order chi connectivity index (χ1) is 10.2. The lowest BCUT2D eigenvalue weighted by Gasteiger charge is -2.06. The van der Waals surface area contributed by atoms with Crippen molar-refractivity contribution in [2.45, 2.75) is 0 Å². The fraction of sp³-hybridized carbons (Fsp3) is 0.133. The molecule has 1 aliphatic rings. The van der Waals surface area contributed by atoms with Crippen LogP contribution in [0, 0.1) is 0 Å². The number of carbonyl (C=O) groups excluding carboxylic acids is 1. The maximum Gasteiger partial charge on any atom is 0.344 e. The number of rotatable bonds is 3. The van der Waals surface area contributed by atoms with E-state index in [0.29, 0.717) is 22.8 Å². The van der Waals surface area contributed by atoms with Crippen molar-refractivity contribution in [1.82, 2.24) is 9.97 Å². The van der Waals surface area contributed by atoms with E-state index >= 15 is 0 Å². The van der Waals surface area contributed by atoms with Crippen LogP contribution in [0.15, 0.2) is 30.5 Å². The molecule has 21 heavy (non-hydrogen) atoms. The first-order valence-corrected chi connectivity index (χ1v) is 6.21. The van der Waals surface area contributed by atoms with Crippen LogP contribution in [-0.2, 0) is 4.74 Å². The van der Waals surface area contributed by atoms with E-state index < -0.39 is 0 Å². The van der Waals surface area contributed by atoms with E-state index in [2.05, 4.69) is 9.97 Å². The lowest BCUT2D eigenvalue weighted by Crippen LogP contribution is -1.97. The van der Waals surface area contributed by atoms with Crippen LogP contribution in [0.4, 0.5) is 0 Å². The number of cyclic esters (lactones) is 1. The van der Waals surface area contributed by atoms with E-state index in [0.717, 1.165) is 5.56 Å². The molecule has 0 N–H and O–H groups in total. The summed E-state index contributed by atoms with van der Waals surface area (Å²) in [7, 11) is 2.97. The molecule has 106 valence electrons. The lowest BCUT2D eigenvalue weighted by molar-refractivity contribution is 0.0717. The van der Waals surface area contributed by atoms with Crippen LogP contribution in [0.1, 0.15) is 21.5 Å². The number of ether oxygens (including phenoxy) is 3. The number of methoxy groups -OCH3 is 2. The van der Waals surface area contributed by atoms with Crippen molar-refractivity contribution in [2.75, 3.05) is 14.2 Å². The molecule has 0 amide bonds. The second-order valence-electron chi connectivity index (χ2n) is 4.27. The molecule has 0 spiro atoms. The maximum atomic E-state index is 11.8. The van der Waals surface area contributed by atoms with Gasteiger partial charge in [0.25, 0.3) is 0 Å². The third-order valence-corrected chi connectivity index (χ3v) is 3.04. The SMILES string of the molecule is COc1ncc(C=C2OC(=O)c3ccccc32)c(OC)n1. The monoisotopic (exact) mass is 284 g/mol. The molecular formula is C15H12N2O4. The topological polar surface area (TPSA) is 70.5 Å². The van der Waals surface area contributed by atoms with Crippen molar-refractivity contribution in [2.24, 2.45) is 0 Å². The highest BCUT2D eigenvalue weighted by atomic mass is 16.5. The summed E-state index contributed by atoms with van der Waals surface area (Å²) in [5, 5.41) is 0. The van der Waals surface area contributed by atoms with Gasteiger partial charge in [0.1, 0.15) is 5.76 Å². The van der Waals surface area contributed by atoms with Crippen LogP contribution in [0.3, 0.4) is 0 Å². The Balaban J connectivity index is 2.06. The molecular weight excluding hydrogens is 272 g/mol. The summed E-state index contributed by atoms with van der Waals surface area (Å²) < 4.78 is 15.4. The zero-order chi connectivity index (χ0) is 14.8. The van der Waals surface area contributed by atoms with E-state index in [-0.39, 0.29) is 12.0 Å². The summed E-state index contributed by atoms with van der Waals surface area (Å²) in [6, 6.07) is 7.39. The largest absolute Gasteiger partial charge is 0.480 e. The van der Waals surface area contributed by atoms with Crippen molar-refractivity contribution in [1.29, 1.82) is 0 Å². The molecule has 0 fully saturated rings. The molecule has 0 saturated carbocycles. The normalized spacial score (nSPS) is 14.8. The highest BCUT2D eigenvalue weighted by Gasteiger charge is 2.26. The Bertz CT molecular complexity index is 740. The first kappa shape index (κ1) is 13.1. The molecule has 0 bridgehead atoms. The van der Waals surface area contributed by atoms with Crippen LogP contribution in [0.2, 0.25) is 0 Å². The number of hydrogen-bond donors (Lipinski definition) is 0. The third-order valence-electron chi connectivity index (χ3n) is 3.04. The Morgan fingerprint density at radius 1 is 1.14 bits per heavy atom. The number of aromatic nitrogens is 2. The van der Waals surface area contributed by atoms with Gasteiger partial charge in [-0.3, -0.25) is 0 Å². The molecule has 1 aromatic carbocycles. The molecule has 6 heteroatoms. The number of nitrogens with zero attached hydrogens (tertiary/aromatic N) is 2. The van der Waals surface area contributed by atoms with Gasteiger partial charge < -0.3 is 14.2 Å². The summed E-state index contributed by atoms with van der Waals surface area (Å²) in [6.07, 6.45) is 3.22. The fourth-order valence-corrected chi connectivity index (χ4v) is 2.06. The molecule has 0 aliphatic carbocycles. The molecule has 0 atom stereocenters. The Hall–Kier alpha value is -2.89. The van der Waals surface area contributed by atoms with Crippen LogP contribution in [-0.4, -0.2) is 30.2 Å². The average Bonchev–Trinajstić information content (AvgIpc) is 2.84. The molecule has 0 saturated heterocycles. The van der Waals surface area contributed by atoms with Gasteiger partial charge in [-0.1, -0.05) is 18.2 Å². The third kappa shape index (κ3) is 2.31. The number of carbonyl (C=O) groups is 1. The number of fused-ring (bicyclic) bond motifs is 1. The minimum absolute atomic E-state index is 0.206. The van der Waals surface area contributed by atoms with E-state index in [9.17, 15) is 4.79 Å². The summed E-state index contributed by atoms with van der Waals surface area (Å²) in [5.74, 6) is 0.419. The van der Waals surface area contributed by atoms with Gasteiger partial charge in [0.2, 0.25) is 5.88 Å². The van der Waals surface area contributed by atoms with Gasteiger partial charge in [-0.15, -0.1) is 0 Å². The number of benzene rings is 1. The van der Waals surface area contributed by atoms with Gasteiger partial charge >= 0.3 is 12.0 Å². The summed E-state index contributed by atoms with van der Waals surface area (Å²) >= 11 is 0. The lowest BCUT2D eigenvalue weighted by atomic mass is 10.1. The van der Waals surface area contributed by atoms with Crippen molar-refractivity contribution in [3.63, 3.8) is 0 Å². The summed E-state index contributed by atoms with van der Waals surface area (Å²) in [5.41, 5.74) is 1.87. The fourth-order valence-electron chi connectivity index (χ4n) is 2.06. The Morgan fingerprint density at radius 3 is 2.62 bits per heavy atom. The zero-order valence-corrected chi connectivity index (χ0v) is 11.5. The predicted octanol–water partition coefficient (Wildman–Crippen LogP) is 2.16. The van der Waals surface area contributed by atoms with Crippen LogP contribution >= 0.6 is 0 Å².